The third kappa shape index (κ3) is 4.85. The second kappa shape index (κ2) is 9.41. The van der Waals surface area contributed by atoms with Gasteiger partial charge in [0.05, 0.1) is 12.8 Å². The monoisotopic (exact) mass is 392 g/mol. The van der Waals surface area contributed by atoms with Crippen molar-refractivity contribution >= 4 is 28.8 Å². The first-order valence-electron chi connectivity index (χ1n) is 10.5. The van der Waals surface area contributed by atoms with Crippen LogP contribution in [0.5, 0.6) is 6.01 Å². The summed E-state index contributed by atoms with van der Waals surface area (Å²) in [7, 11) is 0. The summed E-state index contributed by atoms with van der Waals surface area (Å²) in [6.45, 7) is 4.80. The van der Waals surface area contributed by atoms with Gasteiger partial charge in [-0.25, -0.2) is 0 Å². The number of para-hydroxylation sites is 1. The maximum Gasteiger partial charge on any atom is 0.320 e. The number of H-pyrrole nitrogens is 1. The van der Waals surface area contributed by atoms with Crippen LogP contribution in [0, 0.1) is 0 Å². The SMILES string of the molecule is CCCCOc1nc(N/N=C/c2c[nH]c3ccccc23)cc(N2CCCCC2)n1. The Kier molecular flexibility index (Phi) is 6.24. The summed E-state index contributed by atoms with van der Waals surface area (Å²) in [6, 6.07) is 10.5. The summed E-state index contributed by atoms with van der Waals surface area (Å²) in [5.74, 6) is 1.54. The Hall–Kier alpha value is -3.09. The molecule has 3 heterocycles. The summed E-state index contributed by atoms with van der Waals surface area (Å²) < 4.78 is 5.78. The van der Waals surface area contributed by atoms with E-state index in [9.17, 15) is 0 Å². The molecule has 1 aromatic carbocycles. The highest BCUT2D eigenvalue weighted by Gasteiger charge is 2.15. The number of hydrogen-bond acceptors (Lipinski definition) is 6. The molecule has 0 spiro atoms. The van der Waals surface area contributed by atoms with Crippen LogP contribution in [0.1, 0.15) is 44.6 Å². The van der Waals surface area contributed by atoms with Crippen molar-refractivity contribution in [3.8, 4) is 6.01 Å². The smallest absolute Gasteiger partial charge is 0.320 e. The van der Waals surface area contributed by atoms with E-state index < -0.39 is 0 Å². The highest BCUT2D eigenvalue weighted by atomic mass is 16.5. The van der Waals surface area contributed by atoms with E-state index in [2.05, 4.69) is 49.4 Å². The number of fused-ring (bicyclic) bond motifs is 1. The summed E-state index contributed by atoms with van der Waals surface area (Å²) in [4.78, 5) is 14.7. The number of unbranched alkanes of at least 4 members (excludes halogenated alkanes) is 1. The van der Waals surface area contributed by atoms with Crippen molar-refractivity contribution in [2.75, 3.05) is 30.0 Å². The molecule has 2 aromatic heterocycles. The van der Waals surface area contributed by atoms with Gasteiger partial charge >= 0.3 is 6.01 Å². The molecule has 0 radical (unpaired) electrons. The van der Waals surface area contributed by atoms with Gasteiger partial charge in [-0.15, -0.1) is 0 Å². The molecule has 0 bridgehead atoms. The van der Waals surface area contributed by atoms with Crippen LogP contribution in [0.3, 0.4) is 0 Å². The third-order valence-electron chi connectivity index (χ3n) is 5.11. The lowest BCUT2D eigenvalue weighted by Crippen LogP contribution is -2.30. The van der Waals surface area contributed by atoms with Crippen molar-refractivity contribution < 1.29 is 4.74 Å². The second-order valence-electron chi connectivity index (χ2n) is 7.30. The van der Waals surface area contributed by atoms with Gasteiger partial charge in [0.2, 0.25) is 0 Å². The molecule has 2 N–H and O–H groups in total. The number of hydrazone groups is 1. The zero-order valence-electron chi connectivity index (χ0n) is 16.9. The fraction of sp³-hybridized carbons (Fsp3) is 0.409. The number of rotatable bonds is 8. The van der Waals surface area contributed by atoms with Gasteiger partial charge in [-0.05, 0) is 31.7 Å². The van der Waals surface area contributed by atoms with Crippen molar-refractivity contribution in [2.24, 2.45) is 5.10 Å². The summed E-state index contributed by atoms with van der Waals surface area (Å²) >= 11 is 0. The van der Waals surface area contributed by atoms with Crippen LogP contribution in [-0.4, -0.2) is 40.9 Å². The number of aromatic nitrogens is 3. The lowest BCUT2D eigenvalue weighted by molar-refractivity contribution is 0.285. The Morgan fingerprint density at radius 2 is 2.07 bits per heavy atom. The molecule has 7 heteroatoms. The molecule has 0 aliphatic carbocycles. The van der Waals surface area contributed by atoms with Gasteiger partial charge in [0, 0.05) is 41.8 Å². The number of nitrogens with zero attached hydrogens (tertiary/aromatic N) is 4. The Balaban J connectivity index is 1.52. The molecule has 3 aromatic rings. The molecular weight excluding hydrogens is 364 g/mol. The van der Waals surface area contributed by atoms with E-state index in [0.29, 0.717) is 18.4 Å². The minimum absolute atomic E-state index is 0.409. The predicted molar refractivity (Wildman–Crippen MR) is 118 cm³/mol. The average Bonchev–Trinajstić information content (AvgIpc) is 3.18. The van der Waals surface area contributed by atoms with Crippen molar-refractivity contribution in [2.45, 2.75) is 39.0 Å². The van der Waals surface area contributed by atoms with Gasteiger partial charge in [0.15, 0.2) is 5.82 Å². The van der Waals surface area contributed by atoms with Crippen LogP contribution in [0.25, 0.3) is 10.9 Å². The van der Waals surface area contributed by atoms with Gasteiger partial charge in [0.25, 0.3) is 0 Å². The molecule has 0 unspecified atom stereocenters. The quantitative estimate of drug-likeness (QED) is 0.333. The van der Waals surface area contributed by atoms with E-state index in [4.69, 9.17) is 4.74 Å². The van der Waals surface area contributed by atoms with Gasteiger partial charge in [-0.1, -0.05) is 31.5 Å². The fourth-order valence-electron chi connectivity index (χ4n) is 3.50. The minimum atomic E-state index is 0.409. The molecule has 1 saturated heterocycles. The van der Waals surface area contributed by atoms with Crippen molar-refractivity contribution in [3.63, 3.8) is 0 Å². The summed E-state index contributed by atoms with van der Waals surface area (Å²) in [5, 5.41) is 5.54. The lowest BCUT2D eigenvalue weighted by atomic mass is 10.1. The molecule has 1 aliphatic heterocycles. The van der Waals surface area contributed by atoms with Crippen LogP contribution in [-0.2, 0) is 0 Å². The van der Waals surface area contributed by atoms with E-state index in [1.807, 2.05) is 24.4 Å². The zero-order chi connectivity index (χ0) is 19.9. The van der Waals surface area contributed by atoms with Gasteiger partial charge in [0.1, 0.15) is 5.82 Å². The lowest BCUT2D eigenvalue weighted by Gasteiger charge is -2.28. The van der Waals surface area contributed by atoms with Crippen molar-refractivity contribution in [3.05, 3.63) is 42.1 Å². The minimum Gasteiger partial charge on any atom is -0.463 e. The number of ether oxygens (including phenoxy) is 1. The molecule has 29 heavy (non-hydrogen) atoms. The van der Waals surface area contributed by atoms with Crippen LogP contribution in [0.15, 0.2) is 41.6 Å². The second-order valence-corrected chi connectivity index (χ2v) is 7.30. The van der Waals surface area contributed by atoms with Crippen LogP contribution < -0.4 is 15.1 Å². The zero-order valence-corrected chi connectivity index (χ0v) is 16.9. The molecule has 0 amide bonds. The van der Waals surface area contributed by atoms with Gasteiger partial charge in [-0.2, -0.15) is 15.1 Å². The first-order chi connectivity index (χ1) is 14.3. The van der Waals surface area contributed by atoms with Crippen LogP contribution in [0.2, 0.25) is 0 Å². The van der Waals surface area contributed by atoms with Crippen LogP contribution >= 0.6 is 0 Å². The summed E-state index contributed by atoms with van der Waals surface area (Å²) in [6.07, 6.45) is 9.48. The summed E-state index contributed by atoms with van der Waals surface area (Å²) in [5.41, 5.74) is 5.17. The number of anilines is 2. The number of benzene rings is 1. The first kappa shape index (κ1) is 19.2. The Bertz CT molecular complexity index is 961. The maximum atomic E-state index is 5.78. The van der Waals surface area contributed by atoms with Gasteiger partial charge in [-0.3, -0.25) is 5.43 Å². The molecule has 1 aliphatic rings. The number of nitrogens with one attached hydrogen (secondary N) is 2. The normalized spacial score (nSPS) is 14.6. The first-order valence-corrected chi connectivity index (χ1v) is 10.5. The van der Waals surface area contributed by atoms with Gasteiger partial charge < -0.3 is 14.6 Å². The molecule has 1 fully saturated rings. The number of piperidine rings is 1. The molecule has 0 saturated carbocycles. The molecule has 4 rings (SSSR count). The Labute approximate surface area is 171 Å². The Morgan fingerprint density at radius 3 is 2.93 bits per heavy atom. The maximum absolute atomic E-state index is 5.78. The number of hydrogen-bond donors (Lipinski definition) is 2. The Morgan fingerprint density at radius 1 is 1.21 bits per heavy atom. The highest BCUT2D eigenvalue weighted by molar-refractivity contribution is 5.99. The number of aromatic amines is 1. The predicted octanol–water partition coefficient (Wildman–Crippen LogP) is 4.57. The average molecular weight is 393 g/mol. The standard InChI is InChI=1S/C22H28N6O/c1-2-3-13-29-22-25-20(14-21(26-22)28-11-7-4-8-12-28)27-24-16-17-15-23-19-10-6-5-9-18(17)19/h5-6,9-10,14-16,23H,2-4,7-8,11-13H2,1H3,(H,25,26,27)/b24-16+. The van der Waals surface area contributed by atoms with E-state index in [-0.39, 0.29) is 0 Å². The van der Waals surface area contributed by atoms with Crippen molar-refractivity contribution in [1.29, 1.82) is 0 Å². The van der Waals surface area contributed by atoms with E-state index in [0.717, 1.165) is 48.2 Å². The van der Waals surface area contributed by atoms with Crippen molar-refractivity contribution in [1.82, 2.24) is 15.0 Å². The molecule has 0 atom stereocenters. The fourth-order valence-corrected chi connectivity index (χ4v) is 3.50. The molecular formula is C22H28N6O. The molecule has 152 valence electrons. The largest absolute Gasteiger partial charge is 0.463 e. The van der Waals surface area contributed by atoms with E-state index in [1.54, 1.807) is 6.21 Å². The molecule has 7 nitrogen and oxygen atoms in total. The van der Waals surface area contributed by atoms with E-state index >= 15 is 0 Å². The highest BCUT2D eigenvalue weighted by Crippen LogP contribution is 2.23. The third-order valence-corrected chi connectivity index (χ3v) is 5.11. The van der Waals surface area contributed by atoms with Crippen LogP contribution in [0.4, 0.5) is 11.6 Å². The van der Waals surface area contributed by atoms with E-state index in [1.165, 1.54) is 19.3 Å². The topological polar surface area (TPSA) is 78.4 Å².